The number of para-hydroxylation sites is 1. The minimum atomic E-state index is -4.17. The summed E-state index contributed by atoms with van der Waals surface area (Å²) in [7, 11) is -4.17. The second-order valence-electron chi connectivity index (χ2n) is 5.01. The third kappa shape index (κ3) is 2.74. The van der Waals surface area contributed by atoms with E-state index in [9.17, 15) is 23.6 Å². The molecular weight excluding hydrogens is 332 g/mol. The van der Waals surface area contributed by atoms with Crippen molar-refractivity contribution in [3.05, 3.63) is 70.8 Å². The Hall–Kier alpha value is -3.13. The first-order chi connectivity index (χ1) is 11.4. The molecule has 3 rings (SSSR count). The zero-order chi connectivity index (χ0) is 17.3. The summed E-state index contributed by atoms with van der Waals surface area (Å²) in [5.41, 5.74) is -0.283. The van der Waals surface area contributed by atoms with Gasteiger partial charge in [-0.15, -0.1) is 0 Å². The summed E-state index contributed by atoms with van der Waals surface area (Å²) >= 11 is 0. The number of rotatable bonds is 4. The number of nitro benzene ring substituents is 1. The van der Waals surface area contributed by atoms with E-state index in [0.29, 0.717) is 10.8 Å². The highest BCUT2D eigenvalue weighted by molar-refractivity contribution is 7.92. The number of anilines is 1. The molecule has 0 saturated heterocycles. The molecule has 3 aromatic rings. The molecular formula is C16H12N2O5S. The predicted molar refractivity (Wildman–Crippen MR) is 89.5 cm³/mol. The lowest BCUT2D eigenvalue weighted by atomic mass is 10.1. The van der Waals surface area contributed by atoms with Gasteiger partial charge in [0, 0.05) is 16.8 Å². The molecule has 0 radical (unpaired) electrons. The van der Waals surface area contributed by atoms with Crippen LogP contribution in [0, 0.1) is 10.1 Å². The molecule has 8 heteroatoms. The van der Waals surface area contributed by atoms with Gasteiger partial charge < -0.3 is 5.11 Å². The number of hydrogen-bond donors (Lipinski definition) is 2. The maximum absolute atomic E-state index is 12.6. The van der Waals surface area contributed by atoms with Crippen LogP contribution < -0.4 is 4.72 Å². The van der Waals surface area contributed by atoms with Crippen molar-refractivity contribution in [3.8, 4) is 5.75 Å². The van der Waals surface area contributed by atoms with Crippen molar-refractivity contribution in [1.82, 2.24) is 0 Å². The van der Waals surface area contributed by atoms with E-state index in [1.165, 1.54) is 30.3 Å². The van der Waals surface area contributed by atoms with Crippen LogP contribution in [0.25, 0.3) is 10.8 Å². The second kappa shape index (κ2) is 5.82. The van der Waals surface area contributed by atoms with Crippen LogP contribution in [0.3, 0.4) is 0 Å². The molecule has 0 unspecified atom stereocenters. The minimum Gasteiger partial charge on any atom is -0.507 e. The van der Waals surface area contributed by atoms with Crippen LogP contribution in [-0.2, 0) is 10.0 Å². The summed E-state index contributed by atoms with van der Waals surface area (Å²) in [6.07, 6.45) is 0. The highest BCUT2D eigenvalue weighted by Crippen LogP contribution is 2.32. The molecule has 0 spiro atoms. The van der Waals surface area contributed by atoms with Gasteiger partial charge >= 0.3 is 0 Å². The van der Waals surface area contributed by atoms with Crippen molar-refractivity contribution in [2.45, 2.75) is 4.90 Å². The van der Waals surface area contributed by atoms with Gasteiger partial charge in [0.05, 0.1) is 10.6 Å². The maximum atomic E-state index is 12.6. The van der Waals surface area contributed by atoms with E-state index in [1.807, 2.05) is 0 Å². The average molecular weight is 344 g/mol. The van der Waals surface area contributed by atoms with E-state index in [-0.39, 0.29) is 11.4 Å². The van der Waals surface area contributed by atoms with Crippen LogP contribution in [-0.4, -0.2) is 18.4 Å². The zero-order valence-corrected chi connectivity index (χ0v) is 13.0. The van der Waals surface area contributed by atoms with Gasteiger partial charge in [-0.25, -0.2) is 8.42 Å². The zero-order valence-electron chi connectivity index (χ0n) is 12.2. The molecule has 0 aliphatic carbocycles. The van der Waals surface area contributed by atoms with Gasteiger partial charge in [0.1, 0.15) is 5.75 Å². The van der Waals surface area contributed by atoms with E-state index < -0.39 is 25.5 Å². The van der Waals surface area contributed by atoms with Crippen LogP contribution in [0.2, 0.25) is 0 Å². The van der Waals surface area contributed by atoms with Gasteiger partial charge in [0.2, 0.25) is 0 Å². The lowest BCUT2D eigenvalue weighted by Gasteiger charge is -2.11. The fourth-order valence-electron chi connectivity index (χ4n) is 2.42. The molecule has 0 fully saturated rings. The molecule has 3 aromatic carbocycles. The Labute approximate surface area is 137 Å². The Morgan fingerprint density at radius 3 is 2.33 bits per heavy atom. The Morgan fingerprint density at radius 2 is 1.58 bits per heavy atom. The third-order valence-corrected chi connectivity index (χ3v) is 4.91. The molecule has 24 heavy (non-hydrogen) atoms. The number of nitrogens with one attached hydrogen (secondary N) is 1. The van der Waals surface area contributed by atoms with Gasteiger partial charge in [0.15, 0.2) is 4.90 Å². The Kier molecular flexibility index (Phi) is 3.82. The van der Waals surface area contributed by atoms with Crippen molar-refractivity contribution in [1.29, 1.82) is 0 Å². The molecule has 7 nitrogen and oxygen atoms in total. The van der Waals surface area contributed by atoms with E-state index >= 15 is 0 Å². The Morgan fingerprint density at radius 1 is 0.917 bits per heavy atom. The molecule has 122 valence electrons. The van der Waals surface area contributed by atoms with Gasteiger partial charge in [-0.1, -0.05) is 36.4 Å². The predicted octanol–water partition coefficient (Wildman–Crippen LogP) is 3.25. The topological polar surface area (TPSA) is 110 Å². The van der Waals surface area contributed by atoms with Crippen LogP contribution in [0.15, 0.2) is 65.6 Å². The first-order valence-electron chi connectivity index (χ1n) is 6.87. The monoisotopic (exact) mass is 344 g/mol. The average Bonchev–Trinajstić information content (AvgIpc) is 2.55. The molecule has 2 N–H and O–H groups in total. The number of nitrogens with zero attached hydrogens (tertiary/aromatic N) is 1. The summed E-state index contributed by atoms with van der Waals surface area (Å²) in [6.45, 7) is 0. The Bertz CT molecular complexity index is 1050. The van der Waals surface area contributed by atoms with Crippen LogP contribution >= 0.6 is 0 Å². The molecule has 0 aliphatic heterocycles. The number of nitro groups is 1. The van der Waals surface area contributed by atoms with Gasteiger partial charge in [-0.2, -0.15) is 0 Å². The minimum absolute atomic E-state index is 0.0132. The molecule has 0 heterocycles. The number of benzene rings is 3. The first kappa shape index (κ1) is 15.8. The summed E-state index contributed by atoms with van der Waals surface area (Å²) in [5.74, 6) is 0.0132. The summed E-state index contributed by atoms with van der Waals surface area (Å²) < 4.78 is 27.5. The number of fused-ring (bicyclic) bond motifs is 1. The number of phenolic OH excluding ortho intramolecular Hbond substituents is 1. The molecule has 0 atom stereocenters. The highest BCUT2D eigenvalue weighted by Gasteiger charge is 2.25. The third-order valence-electron chi connectivity index (χ3n) is 3.49. The molecule has 0 aliphatic rings. The van der Waals surface area contributed by atoms with Crippen molar-refractivity contribution in [3.63, 3.8) is 0 Å². The second-order valence-corrected chi connectivity index (χ2v) is 6.66. The quantitative estimate of drug-likeness (QED) is 0.557. The number of phenols is 1. The maximum Gasteiger partial charge on any atom is 0.289 e. The SMILES string of the molecule is O=[N+]([O-])c1ccccc1S(=O)(=O)Nc1cccc2c(O)cccc12. The van der Waals surface area contributed by atoms with E-state index in [1.54, 1.807) is 24.3 Å². The lowest BCUT2D eigenvalue weighted by Crippen LogP contribution is -2.14. The molecule has 0 amide bonds. The van der Waals surface area contributed by atoms with Crippen molar-refractivity contribution in [2.75, 3.05) is 4.72 Å². The number of aromatic hydroxyl groups is 1. The largest absolute Gasteiger partial charge is 0.507 e. The van der Waals surface area contributed by atoms with Gasteiger partial charge in [-0.05, 0) is 18.2 Å². The highest BCUT2D eigenvalue weighted by atomic mass is 32.2. The first-order valence-corrected chi connectivity index (χ1v) is 8.35. The molecule has 0 aromatic heterocycles. The molecule has 0 saturated carbocycles. The van der Waals surface area contributed by atoms with Crippen LogP contribution in [0.5, 0.6) is 5.75 Å². The van der Waals surface area contributed by atoms with Crippen molar-refractivity contribution >= 4 is 32.2 Å². The normalized spacial score (nSPS) is 11.3. The van der Waals surface area contributed by atoms with Gasteiger partial charge in [-0.3, -0.25) is 14.8 Å². The van der Waals surface area contributed by atoms with E-state index in [4.69, 9.17) is 0 Å². The van der Waals surface area contributed by atoms with Crippen LogP contribution in [0.4, 0.5) is 11.4 Å². The summed E-state index contributed by atoms with van der Waals surface area (Å²) in [6, 6.07) is 14.6. The summed E-state index contributed by atoms with van der Waals surface area (Å²) in [4.78, 5) is 9.89. The fraction of sp³-hybridized carbons (Fsp3) is 0. The van der Waals surface area contributed by atoms with Crippen molar-refractivity contribution in [2.24, 2.45) is 0 Å². The standard InChI is InChI=1S/C16H12N2O5S/c19-15-9-4-5-11-12(15)6-3-7-13(11)17-24(22,23)16-10-2-1-8-14(16)18(20)21/h1-10,17,19H. The van der Waals surface area contributed by atoms with E-state index in [2.05, 4.69) is 4.72 Å². The number of sulfonamides is 1. The lowest BCUT2D eigenvalue weighted by molar-refractivity contribution is -0.387. The van der Waals surface area contributed by atoms with Crippen molar-refractivity contribution < 1.29 is 18.4 Å². The number of hydrogen-bond acceptors (Lipinski definition) is 5. The van der Waals surface area contributed by atoms with Crippen LogP contribution in [0.1, 0.15) is 0 Å². The Balaban J connectivity index is 2.12. The molecule has 0 bridgehead atoms. The fourth-order valence-corrected chi connectivity index (χ4v) is 3.67. The smallest absolute Gasteiger partial charge is 0.289 e. The van der Waals surface area contributed by atoms with Gasteiger partial charge in [0.25, 0.3) is 15.7 Å². The van der Waals surface area contributed by atoms with E-state index in [0.717, 1.165) is 6.07 Å². The summed E-state index contributed by atoms with van der Waals surface area (Å²) in [5, 5.41) is 21.9.